The maximum Gasteiger partial charge on any atom is 0.251 e. The number of aliphatic hydroxyl groups excluding tert-OH is 1. The van der Waals surface area contributed by atoms with Gasteiger partial charge >= 0.3 is 0 Å². The van der Waals surface area contributed by atoms with Crippen molar-refractivity contribution in [2.24, 2.45) is 10.4 Å². The molecule has 10 heteroatoms. The molecule has 1 aromatic rings. The van der Waals surface area contributed by atoms with E-state index in [2.05, 4.69) is 9.89 Å². The lowest BCUT2D eigenvalue weighted by atomic mass is 9.77. The summed E-state index contributed by atoms with van der Waals surface area (Å²) in [6.07, 6.45) is 2.44. The molecule has 2 aliphatic heterocycles. The molecule has 2 fully saturated rings. The average Bonchev–Trinajstić information content (AvgIpc) is 3.08. The van der Waals surface area contributed by atoms with Gasteiger partial charge in [-0.3, -0.25) is 29.2 Å². The molecule has 188 valence electrons. The number of Topliss-reactive ketones (excluding diaryl/α,β-unsaturated/α-hetero) is 1. The minimum Gasteiger partial charge on any atom is -0.511 e. The van der Waals surface area contributed by atoms with Gasteiger partial charge in [-0.05, 0) is 23.6 Å². The summed E-state index contributed by atoms with van der Waals surface area (Å²) < 4.78 is 13.5. The third-order valence-corrected chi connectivity index (χ3v) is 7.08. The second-order valence-electron chi connectivity index (χ2n) is 10.1. The predicted molar refractivity (Wildman–Crippen MR) is 131 cm³/mol. The number of piperazine rings is 1. The smallest absolute Gasteiger partial charge is 0.251 e. The molecule has 4 rings (SSSR count). The summed E-state index contributed by atoms with van der Waals surface area (Å²) in [5.41, 5.74) is 0.365. The highest BCUT2D eigenvalue weighted by molar-refractivity contribution is 6.31. The van der Waals surface area contributed by atoms with Crippen molar-refractivity contribution in [1.29, 1.82) is 0 Å². The van der Waals surface area contributed by atoms with Crippen LogP contribution in [-0.2, 0) is 14.4 Å². The van der Waals surface area contributed by atoms with Crippen LogP contribution in [0.5, 0.6) is 0 Å². The van der Waals surface area contributed by atoms with Gasteiger partial charge in [0.2, 0.25) is 5.91 Å². The van der Waals surface area contributed by atoms with Crippen molar-refractivity contribution < 1.29 is 23.9 Å². The number of benzene rings is 1. The van der Waals surface area contributed by atoms with Crippen LogP contribution in [0.25, 0.3) is 0 Å². The van der Waals surface area contributed by atoms with Gasteiger partial charge in [-0.2, -0.15) is 0 Å². The molecule has 1 atom stereocenters. The van der Waals surface area contributed by atoms with Crippen LogP contribution in [0.2, 0.25) is 5.02 Å². The Morgan fingerprint density at radius 3 is 2.54 bits per heavy atom. The van der Waals surface area contributed by atoms with E-state index in [1.807, 2.05) is 18.7 Å². The number of imide groups is 1. The van der Waals surface area contributed by atoms with Gasteiger partial charge in [0.05, 0.1) is 35.3 Å². The van der Waals surface area contributed by atoms with E-state index in [1.165, 1.54) is 18.3 Å². The van der Waals surface area contributed by atoms with Crippen LogP contribution < -0.4 is 4.90 Å². The molecular formula is C25H30ClFN4O4. The Bertz CT molecular complexity index is 1090. The van der Waals surface area contributed by atoms with Gasteiger partial charge in [0.25, 0.3) is 5.91 Å². The summed E-state index contributed by atoms with van der Waals surface area (Å²) in [5.74, 6) is -1.21. The fourth-order valence-corrected chi connectivity index (χ4v) is 5.07. The molecule has 1 aliphatic carbocycles. The number of nitrogens with zero attached hydrogens (tertiary/aromatic N) is 4. The number of carbonyl (C=O) groups excluding carboxylic acids is 3. The first-order valence-corrected chi connectivity index (χ1v) is 12.2. The molecule has 0 saturated carbocycles. The van der Waals surface area contributed by atoms with Crippen molar-refractivity contribution in [3.63, 3.8) is 0 Å². The molecule has 1 N–H and O–H groups in total. The van der Waals surface area contributed by atoms with Crippen LogP contribution in [0.4, 0.5) is 10.1 Å². The molecule has 0 aromatic heterocycles. The van der Waals surface area contributed by atoms with E-state index >= 15 is 0 Å². The maximum atomic E-state index is 13.5. The van der Waals surface area contributed by atoms with E-state index in [0.29, 0.717) is 44.6 Å². The molecule has 1 aromatic carbocycles. The number of carbonyl (C=O) groups is 3. The maximum absolute atomic E-state index is 13.5. The van der Waals surface area contributed by atoms with Crippen LogP contribution in [0.1, 0.15) is 33.1 Å². The number of hydrogen-bond acceptors (Lipinski definition) is 7. The van der Waals surface area contributed by atoms with Crippen molar-refractivity contribution in [3.05, 3.63) is 40.4 Å². The van der Waals surface area contributed by atoms with E-state index in [9.17, 15) is 23.9 Å². The Hall–Kier alpha value is -2.62. The van der Waals surface area contributed by atoms with E-state index in [4.69, 9.17) is 11.6 Å². The fourth-order valence-electron chi connectivity index (χ4n) is 4.90. The van der Waals surface area contributed by atoms with E-state index in [1.54, 1.807) is 0 Å². The number of halogens is 2. The summed E-state index contributed by atoms with van der Waals surface area (Å²) in [6, 6.07) is 3.29. The minimum atomic E-state index is -0.602. The summed E-state index contributed by atoms with van der Waals surface area (Å²) in [7, 11) is 0. The van der Waals surface area contributed by atoms with Crippen molar-refractivity contribution in [3.8, 4) is 0 Å². The average molecular weight is 505 g/mol. The second kappa shape index (κ2) is 10.2. The molecule has 2 heterocycles. The summed E-state index contributed by atoms with van der Waals surface area (Å²) in [6.45, 7) is 7.80. The zero-order valence-electron chi connectivity index (χ0n) is 20.0. The van der Waals surface area contributed by atoms with Crippen LogP contribution in [0.15, 0.2) is 34.5 Å². The summed E-state index contributed by atoms with van der Waals surface area (Å²) >= 11 is 5.83. The molecule has 2 saturated heterocycles. The number of allylic oxidation sites excluding steroid dienone is 2. The Labute approximate surface area is 209 Å². The lowest BCUT2D eigenvalue weighted by Crippen LogP contribution is -2.52. The number of ketones is 1. The first-order valence-electron chi connectivity index (χ1n) is 11.8. The molecule has 0 spiro atoms. The third-order valence-electron chi connectivity index (χ3n) is 6.79. The SMILES string of the molecule is CC1(C)CC(=O)C(C=NCCN2CCN([C@@H]3CC(=O)N(c4ccc(F)c(Cl)c4)C3=O)CC2)=C(O)C1. The van der Waals surface area contributed by atoms with Crippen molar-refractivity contribution in [2.75, 3.05) is 44.2 Å². The zero-order valence-corrected chi connectivity index (χ0v) is 20.7. The minimum absolute atomic E-state index is 0.0798. The Morgan fingerprint density at radius 1 is 1.17 bits per heavy atom. The molecule has 0 bridgehead atoms. The van der Waals surface area contributed by atoms with Crippen LogP contribution in [-0.4, -0.2) is 84.0 Å². The normalized spacial score (nSPS) is 24.3. The fraction of sp³-hybridized carbons (Fsp3) is 0.520. The third kappa shape index (κ3) is 5.63. The molecule has 3 aliphatic rings. The first-order chi connectivity index (χ1) is 16.6. The Balaban J connectivity index is 1.27. The monoisotopic (exact) mass is 504 g/mol. The summed E-state index contributed by atoms with van der Waals surface area (Å²) in [5, 5.41) is 10.1. The van der Waals surface area contributed by atoms with Crippen molar-refractivity contribution in [1.82, 2.24) is 9.80 Å². The highest BCUT2D eigenvalue weighted by atomic mass is 35.5. The van der Waals surface area contributed by atoms with Gasteiger partial charge < -0.3 is 5.11 Å². The lowest BCUT2D eigenvalue weighted by Gasteiger charge is -2.36. The zero-order chi connectivity index (χ0) is 25.3. The number of hydrogen-bond donors (Lipinski definition) is 1. The van der Waals surface area contributed by atoms with Gasteiger partial charge in [-0.25, -0.2) is 9.29 Å². The molecular weight excluding hydrogens is 475 g/mol. The second-order valence-corrected chi connectivity index (χ2v) is 10.5. The first kappa shape index (κ1) is 25.5. The molecule has 0 radical (unpaired) electrons. The number of rotatable bonds is 6. The van der Waals surface area contributed by atoms with E-state index < -0.39 is 11.9 Å². The molecule has 8 nitrogen and oxygen atoms in total. The molecule has 0 unspecified atom stereocenters. The topological polar surface area (TPSA) is 93.5 Å². The van der Waals surface area contributed by atoms with Crippen LogP contribution >= 0.6 is 11.6 Å². The highest BCUT2D eigenvalue weighted by Crippen LogP contribution is 2.35. The molecule has 35 heavy (non-hydrogen) atoms. The number of aliphatic imine (C=N–C) groups is 1. The van der Waals surface area contributed by atoms with Crippen molar-refractivity contribution >= 4 is 41.1 Å². The van der Waals surface area contributed by atoms with Gasteiger partial charge in [-0.1, -0.05) is 25.4 Å². The quantitative estimate of drug-likeness (QED) is 0.473. The predicted octanol–water partition coefficient (Wildman–Crippen LogP) is 3.00. The van der Waals surface area contributed by atoms with E-state index in [-0.39, 0.29) is 45.9 Å². The summed E-state index contributed by atoms with van der Waals surface area (Å²) in [4.78, 5) is 47.5. The Morgan fingerprint density at radius 2 is 1.89 bits per heavy atom. The van der Waals surface area contributed by atoms with Crippen molar-refractivity contribution in [2.45, 2.75) is 39.2 Å². The number of amides is 2. The largest absolute Gasteiger partial charge is 0.511 e. The van der Waals surface area contributed by atoms with Gasteiger partial charge in [0.15, 0.2) is 5.78 Å². The lowest BCUT2D eigenvalue weighted by molar-refractivity contribution is -0.123. The van der Waals surface area contributed by atoms with Gasteiger partial charge in [0.1, 0.15) is 11.6 Å². The van der Waals surface area contributed by atoms with Crippen LogP contribution in [0.3, 0.4) is 0 Å². The van der Waals surface area contributed by atoms with Gasteiger partial charge in [-0.15, -0.1) is 0 Å². The van der Waals surface area contributed by atoms with E-state index in [0.717, 1.165) is 24.1 Å². The van der Waals surface area contributed by atoms with Crippen LogP contribution in [0, 0.1) is 11.2 Å². The highest BCUT2D eigenvalue weighted by Gasteiger charge is 2.43. The molecule has 2 amide bonds. The number of anilines is 1. The standard InChI is InChI=1S/C25H30ClFN4O4/c1-25(2)13-21(32)17(22(33)14-25)15-28-5-6-29-7-9-30(10-8-29)20-12-23(34)31(24(20)35)16-3-4-19(27)18(26)11-16/h3-4,11,15,20,32H,5-10,12-14H2,1-2H3/t20-/m1/s1. The number of aliphatic hydroxyl groups is 1. The van der Waals surface area contributed by atoms with Gasteiger partial charge in [0, 0.05) is 51.8 Å². The Kier molecular flexibility index (Phi) is 7.40.